The normalized spacial score (nSPS) is 27.6. The van der Waals surface area contributed by atoms with Gasteiger partial charge < -0.3 is 10.0 Å². The lowest BCUT2D eigenvalue weighted by molar-refractivity contribution is 0.0353. The molecule has 2 aromatic carbocycles. The fourth-order valence-corrected chi connectivity index (χ4v) is 6.69. The van der Waals surface area contributed by atoms with Gasteiger partial charge in [-0.05, 0) is 55.3 Å². The Morgan fingerprint density at radius 1 is 1.21 bits per heavy atom. The van der Waals surface area contributed by atoms with Crippen LogP contribution in [0.4, 0.5) is 0 Å². The van der Waals surface area contributed by atoms with Crippen LogP contribution >= 0.6 is 0 Å². The fraction of sp³-hybridized carbons (Fsp3) is 0.455. The van der Waals surface area contributed by atoms with E-state index in [2.05, 4.69) is 18.9 Å². The first-order valence-electron chi connectivity index (χ1n) is 9.74. The van der Waals surface area contributed by atoms with Crippen molar-refractivity contribution < 1.29 is 13.5 Å². The monoisotopic (exact) mass is 400 g/mol. The van der Waals surface area contributed by atoms with Crippen LogP contribution in [-0.2, 0) is 27.6 Å². The lowest BCUT2D eigenvalue weighted by atomic mass is 9.61. The molecule has 150 valence electrons. The second kappa shape index (κ2) is 6.87. The Balaban J connectivity index is 1.75. The highest BCUT2D eigenvalue weighted by molar-refractivity contribution is 7.88. The third kappa shape index (κ3) is 3.13. The highest BCUT2D eigenvalue weighted by atomic mass is 32.2. The minimum Gasteiger partial charge on any atom is -0.508 e. The molecule has 0 amide bonds. The Morgan fingerprint density at radius 2 is 1.93 bits per heavy atom. The lowest BCUT2D eigenvalue weighted by Gasteiger charge is -2.56. The van der Waals surface area contributed by atoms with Gasteiger partial charge in [-0.3, -0.25) is 0 Å². The van der Waals surface area contributed by atoms with Gasteiger partial charge in [-0.15, -0.1) is 0 Å². The molecule has 2 aromatic rings. The molecule has 5 nitrogen and oxygen atoms in total. The summed E-state index contributed by atoms with van der Waals surface area (Å²) in [7, 11) is 0.322. The first-order valence-corrected chi connectivity index (χ1v) is 11.4. The van der Waals surface area contributed by atoms with Crippen LogP contribution in [0.3, 0.4) is 0 Å². The first kappa shape index (κ1) is 19.4. The van der Waals surface area contributed by atoms with E-state index in [1.54, 1.807) is 17.4 Å². The average Bonchev–Trinajstić information content (AvgIpc) is 2.66. The molecule has 2 bridgehead atoms. The highest BCUT2D eigenvalue weighted by Gasteiger charge is 2.53. The van der Waals surface area contributed by atoms with Crippen molar-refractivity contribution >= 4 is 10.0 Å². The van der Waals surface area contributed by atoms with Crippen LogP contribution in [0.5, 0.6) is 5.75 Å². The number of piperidine rings is 1. The average molecular weight is 401 g/mol. The van der Waals surface area contributed by atoms with E-state index in [1.807, 2.05) is 42.5 Å². The molecule has 3 atom stereocenters. The van der Waals surface area contributed by atoms with Crippen molar-refractivity contribution in [3.63, 3.8) is 0 Å². The standard InChI is InChI=1S/C22H28N2O3S/c1-22-11-12-23(2)20(13-17-9-10-18(25)14-19(17)22)21(22)24(3)28(26,27)15-16-7-5-4-6-8-16/h4-10,14,20-21,25H,11-13,15H2,1-3H3. The maximum atomic E-state index is 13.3. The number of nitrogens with zero attached hydrogens (tertiary/aromatic N) is 2. The molecule has 0 aromatic heterocycles. The number of likely N-dealkylation sites (N-methyl/N-ethyl adjacent to an activating group) is 2. The number of hydrogen-bond acceptors (Lipinski definition) is 4. The van der Waals surface area contributed by atoms with Crippen LogP contribution in [0.25, 0.3) is 0 Å². The summed E-state index contributed by atoms with van der Waals surface area (Å²) in [5, 5.41) is 10.1. The fourth-order valence-electron chi connectivity index (χ4n) is 5.15. The molecular weight excluding hydrogens is 372 g/mol. The summed E-state index contributed by atoms with van der Waals surface area (Å²) in [5.41, 5.74) is 2.76. The van der Waals surface area contributed by atoms with Gasteiger partial charge in [-0.1, -0.05) is 43.3 Å². The van der Waals surface area contributed by atoms with E-state index in [0.29, 0.717) is 0 Å². The molecule has 1 N–H and O–H groups in total. The summed E-state index contributed by atoms with van der Waals surface area (Å²) in [6.45, 7) is 3.07. The number of phenolic OH excluding ortho intramolecular Hbond substituents is 1. The van der Waals surface area contributed by atoms with Gasteiger partial charge in [0.2, 0.25) is 10.0 Å². The second-order valence-corrected chi connectivity index (χ2v) is 10.5. The van der Waals surface area contributed by atoms with Gasteiger partial charge in [0.1, 0.15) is 5.75 Å². The van der Waals surface area contributed by atoms with Crippen LogP contribution in [0.1, 0.15) is 30.0 Å². The zero-order valence-electron chi connectivity index (χ0n) is 16.7. The topological polar surface area (TPSA) is 60.9 Å². The minimum absolute atomic E-state index is 0.000249. The van der Waals surface area contributed by atoms with Gasteiger partial charge in [0.15, 0.2) is 0 Å². The number of phenols is 1. The Morgan fingerprint density at radius 3 is 2.64 bits per heavy atom. The van der Waals surface area contributed by atoms with Crippen LogP contribution in [0, 0.1) is 0 Å². The van der Waals surface area contributed by atoms with E-state index in [0.717, 1.165) is 30.5 Å². The minimum atomic E-state index is -3.49. The van der Waals surface area contributed by atoms with E-state index in [9.17, 15) is 13.5 Å². The SMILES string of the molecule is CN1CCC2(C)c3cc(O)ccc3CC1C2N(C)S(=O)(=O)Cc1ccccc1. The smallest absolute Gasteiger partial charge is 0.218 e. The molecule has 1 aliphatic carbocycles. The molecule has 0 spiro atoms. The number of likely N-dealkylation sites (tertiary alicyclic amines) is 1. The van der Waals surface area contributed by atoms with E-state index < -0.39 is 10.0 Å². The summed E-state index contributed by atoms with van der Waals surface area (Å²) < 4.78 is 28.2. The zero-order chi connectivity index (χ0) is 20.1. The maximum absolute atomic E-state index is 13.3. The molecule has 1 heterocycles. The summed E-state index contributed by atoms with van der Waals surface area (Å²) in [5.74, 6) is 0.242. The predicted octanol–water partition coefficient (Wildman–Crippen LogP) is 2.74. The molecule has 2 aliphatic rings. The maximum Gasteiger partial charge on any atom is 0.218 e. The van der Waals surface area contributed by atoms with Crippen molar-refractivity contribution in [2.75, 3.05) is 20.6 Å². The summed E-state index contributed by atoms with van der Waals surface area (Å²) in [4.78, 5) is 2.29. The molecule has 0 radical (unpaired) electrons. The highest BCUT2D eigenvalue weighted by Crippen LogP contribution is 2.48. The third-order valence-electron chi connectivity index (χ3n) is 6.73. The molecule has 0 saturated carbocycles. The summed E-state index contributed by atoms with van der Waals surface area (Å²) in [6, 6.07) is 14.8. The predicted molar refractivity (Wildman–Crippen MR) is 111 cm³/mol. The first-order chi connectivity index (χ1) is 13.2. The van der Waals surface area contributed by atoms with Crippen LogP contribution < -0.4 is 0 Å². The molecule has 1 fully saturated rings. The number of fused-ring (bicyclic) bond motifs is 4. The van der Waals surface area contributed by atoms with Gasteiger partial charge in [-0.2, -0.15) is 4.31 Å². The van der Waals surface area contributed by atoms with Gasteiger partial charge in [0.25, 0.3) is 0 Å². The quantitative estimate of drug-likeness (QED) is 0.857. The van der Waals surface area contributed by atoms with Crippen molar-refractivity contribution in [1.29, 1.82) is 0 Å². The number of benzene rings is 2. The Hall–Kier alpha value is -1.89. The van der Waals surface area contributed by atoms with Gasteiger partial charge >= 0.3 is 0 Å². The Labute approximate surface area is 167 Å². The summed E-state index contributed by atoms with van der Waals surface area (Å²) >= 11 is 0. The van der Waals surface area contributed by atoms with Gasteiger partial charge in [0.05, 0.1) is 5.75 Å². The van der Waals surface area contributed by atoms with E-state index in [1.165, 1.54) is 5.56 Å². The molecule has 28 heavy (non-hydrogen) atoms. The summed E-state index contributed by atoms with van der Waals surface area (Å²) in [6.07, 6.45) is 1.64. The molecule has 1 aliphatic heterocycles. The van der Waals surface area contributed by atoms with Gasteiger partial charge in [0, 0.05) is 24.5 Å². The van der Waals surface area contributed by atoms with Crippen LogP contribution in [0.15, 0.2) is 48.5 Å². The van der Waals surface area contributed by atoms with Crippen LogP contribution in [-0.4, -0.2) is 55.5 Å². The van der Waals surface area contributed by atoms with E-state index in [-0.39, 0.29) is 29.0 Å². The van der Waals surface area contributed by atoms with Gasteiger partial charge in [-0.25, -0.2) is 8.42 Å². The third-order valence-corrected chi connectivity index (χ3v) is 8.53. The number of aromatic hydroxyl groups is 1. The number of sulfonamides is 1. The molecule has 1 saturated heterocycles. The van der Waals surface area contributed by atoms with Crippen molar-refractivity contribution in [2.24, 2.45) is 0 Å². The molecule has 6 heteroatoms. The lowest BCUT2D eigenvalue weighted by Crippen LogP contribution is -2.67. The second-order valence-electron chi connectivity index (χ2n) is 8.46. The van der Waals surface area contributed by atoms with E-state index >= 15 is 0 Å². The van der Waals surface area contributed by atoms with Crippen molar-refractivity contribution in [3.8, 4) is 5.75 Å². The number of hydrogen-bond donors (Lipinski definition) is 1. The largest absolute Gasteiger partial charge is 0.508 e. The van der Waals surface area contributed by atoms with Crippen molar-refractivity contribution in [3.05, 3.63) is 65.2 Å². The van der Waals surface area contributed by atoms with Crippen molar-refractivity contribution in [2.45, 2.75) is 43.0 Å². The number of rotatable bonds is 4. The zero-order valence-corrected chi connectivity index (χ0v) is 17.5. The van der Waals surface area contributed by atoms with Crippen molar-refractivity contribution in [1.82, 2.24) is 9.21 Å². The van der Waals surface area contributed by atoms with Crippen LogP contribution in [0.2, 0.25) is 0 Å². The Kier molecular flexibility index (Phi) is 4.76. The molecule has 4 rings (SSSR count). The van der Waals surface area contributed by atoms with E-state index in [4.69, 9.17) is 0 Å². The Bertz CT molecular complexity index is 977. The molecule has 3 unspecified atom stereocenters. The molecular formula is C22H28N2O3S.